The minimum absolute atomic E-state index is 0.0479. The molecule has 1 unspecified atom stereocenters. The first-order valence-electron chi connectivity index (χ1n) is 8.48. The SMILES string of the molecule is CCc1ccc(C(C)(C)c2ccc(OCC(O)CC)cc2)cc1. The van der Waals surface area contributed by atoms with Crippen LogP contribution in [-0.2, 0) is 11.8 Å². The van der Waals surface area contributed by atoms with E-state index in [0.29, 0.717) is 13.0 Å². The highest BCUT2D eigenvalue weighted by Crippen LogP contribution is 2.32. The van der Waals surface area contributed by atoms with Crippen molar-refractivity contribution in [3.05, 3.63) is 65.2 Å². The van der Waals surface area contributed by atoms with E-state index >= 15 is 0 Å². The molecule has 0 aliphatic rings. The number of aliphatic hydroxyl groups excluding tert-OH is 1. The van der Waals surface area contributed by atoms with Crippen LogP contribution in [0.15, 0.2) is 48.5 Å². The van der Waals surface area contributed by atoms with Gasteiger partial charge < -0.3 is 9.84 Å². The third-order valence-corrected chi connectivity index (χ3v) is 4.57. The summed E-state index contributed by atoms with van der Waals surface area (Å²) < 4.78 is 5.61. The molecule has 0 fully saturated rings. The van der Waals surface area contributed by atoms with Gasteiger partial charge in [0, 0.05) is 5.41 Å². The number of ether oxygens (including phenoxy) is 1. The zero-order chi connectivity index (χ0) is 16.9. The van der Waals surface area contributed by atoms with Crippen LogP contribution in [0.25, 0.3) is 0 Å². The summed E-state index contributed by atoms with van der Waals surface area (Å²) >= 11 is 0. The molecule has 2 aromatic carbocycles. The average molecular weight is 312 g/mol. The van der Waals surface area contributed by atoms with E-state index in [0.717, 1.165) is 12.2 Å². The van der Waals surface area contributed by atoms with Gasteiger partial charge in [-0.2, -0.15) is 0 Å². The summed E-state index contributed by atoms with van der Waals surface area (Å²) in [7, 11) is 0. The predicted octanol–water partition coefficient (Wildman–Crippen LogP) is 4.72. The molecule has 23 heavy (non-hydrogen) atoms. The van der Waals surface area contributed by atoms with Crippen LogP contribution in [0.2, 0.25) is 0 Å². The van der Waals surface area contributed by atoms with Crippen molar-refractivity contribution in [2.45, 2.75) is 52.1 Å². The van der Waals surface area contributed by atoms with Crippen LogP contribution in [0.3, 0.4) is 0 Å². The predicted molar refractivity (Wildman–Crippen MR) is 96.2 cm³/mol. The minimum atomic E-state index is -0.400. The molecule has 0 aliphatic carbocycles. The third-order valence-electron chi connectivity index (χ3n) is 4.57. The second kappa shape index (κ2) is 7.65. The lowest BCUT2D eigenvalue weighted by Crippen LogP contribution is -2.19. The lowest BCUT2D eigenvalue weighted by Gasteiger charge is -2.26. The van der Waals surface area contributed by atoms with E-state index in [1.54, 1.807) is 0 Å². The summed E-state index contributed by atoms with van der Waals surface area (Å²) in [5.41, 5.74) is 3.88. The van der Waals surface area contributed by atoms with Gasteiger partial charge in [0.05, 0.1) is 6.10 Å². The van der Waals surface area contributed by atoms with Crippen molar-refractivity contribution in [3.63, 3.8) is 0 Å². The maximum absolute atomic E-state index is 9.57. The van der Waals surface area contributed by atoms with Gasteiger partial charge in [-0.25, -0.2) is 0 Å². The van der Waals surface area contributed by atoms with Crippen LogP contribution in [-0.4, -0.2) is 17.8 Å². The molecule has 0 saturated carbocycles. The van der Waals surface area contributed by atoms with Crippen LogP contribution >= 0.6 is 0 Å². The molecule has 0 amide bonds. The maximum Gasteiger partial charge on any atom is 0.119 e. The lowest BCUT2D eigenvalue weighted by molar-refractivity contribution is 0.104. The second-order valence-corrected chi connectivity index (χ2v) is 6.57. The highest BCUT2D eigenvalue weighted by molar-refractivity contribution is 5.40. The summed E-state index contributed by atoms with van der Waals surface area (Å²) in [6, 6.07) is 17.1. The molecule has 2 nitrogen and oxygen atoms in total. The lowest BCUT2D eigenvalue weighted by atomic mass is 9.78. The van der Waals surface area contributed by atoms with Crippen molar-refractivity contribution >= 4 is 0 Å². The molecule has 0 radical (unpaired) electrons. The van der Waals surface area contributed by atoms with E-state index in [1.807, 2.05) is 19.1 Å². The fourth-order valence-electron chi connectivity index (χ4n) is 2.60. The van der Waals surface area contributed by atoms with Crippen molar-refractivity contribution in [2.75, 3.05) is 6.61 Å². The Morgan fingerprint density at radius 2 is 1.43 bits per heavy atom. The number of benzene rings is 2. The third kappa shape index (κ3) is 4.35. The number of hydrogen-bond donors (Lipinski definition) is 1. The Kier molecular flexibility index (Phi) is 5.84. The van der Waals surface area contributed by atoms with Crippen LogP contribution in [0.4, 0.5) is 0 Å². The standard InChI is InChI=1S/C21H28O2/c1-5-16-7-9-17(10-8-16)21(3,4)18-11-13-20(14-12-18)23-15-19(22)6-2/h7-14,19,22H,5-6,15H2,1-4H3. The molecule has 0 spiro atoms. The van der Waals surface area contributed by atoms with E-state index in [9.17, 15) is 5.11 Å². The highest BCUT2D eigenvalue weighted by atomic mass is 16.5. The summed E-state index contributed by atoms with van der Waals surface area (Å²) in [4.78, 5) is 0. The molecular weight excluding hydrogens is 284 g/mol. The monoisotopic (exact) mass is 312 g/mol. The molecule has 2 heteroatoms. The molecule has 0 aromatic heterocycles. The van der Waals surface area contributed by atoms with Crippen LogP contribution in [0.5, 0.6) is 5.75 Å². The second-order valence-electron chi connectivity index (χ2n) is 6.57. The Morgan fingerprint density at radius 1 is 0.913 bits per heavy atom. The number of aryl methyl sites for hydroxylation is 1. The van der Waals surface area contributed by atoms with Gasteiger partial charge in [-0.1, -0.05) is 64.1 Å². The van der Waals surface area contributed by atoms with Crippen LogP contribution < -0.4 is 4.74 Å². The van der Waals surface area contributed by atoms with Gasteiger partial charge in [-0.15, -0.1) is 0 Å². The molecule has 0 heterocycles. The quantitative estimate of drug-likeness (QED) is 0.801. The Labute approximate surface area is 140 Å². The molecular formula is C21H28O2. The molecule has 2 aromatic rings. The molecule has 1 atom stereocenters. The highest BCUT2D eigenvalue weighted by Gasteiger charge is 2.22. The molecule has 2 rings (SSSR count). The fourth-order valence-corrected chi connectivity index (χ4v) is 2.60. The fraction of sp³-hybridized carbons (Fsp3) is 0.429. The van der Waals surface area contributed by atoms with Crippen molar-refractivity contribution in [1.29, 1.82) is 0 Å². The minimum Gasteiger partial charge on any atom is -0.491 e. The van der Waals surface area contributed by atoms with E-state index in [1.165, 1.54) is 16.7 Å². The zero-order valence-corrected chi connectivity index (χ0v) is 14.7. The van der Waals surface area contributed by atoms with Crippen molar-refractivity contribution in [1.82, 2.24) is 0 Å². The Balaban J connectivity index is 2.12. The number of aliphatic hydroxyl groups is 1. The van der Waals surface area contributed by atoms with Crippen molar-refractivity contribution < 1.29 is 9.84 Å². The Bertz CT molecular complexity index is 597. The molecule has 124 valence electrons. The van der Waals surface area contributed by atoms with Gasteiger partial charge in [-0.3, -0.25) is 0 Å². The van der Waals surface area contributed by atoms with E-state index in [-0.39, 0.29) is 5.41 Å². The Hall–Kier alpha value is -1.80. The zero-order valence-electron chi connectivity index (χ0n) is 14.7. The largest absolute Gasteiger partial charge is 0.491 e. The molecule has 1 N–H and O–H groups in total. The average Bonchev–Trinajstić information content (AvgIpc) is 2.60. The van der Waals surface area contributed by atoms with E-state index in [2.05, 4.69) is 57.2 Å². The number of hydrogen-bond acceptors (Lipinski definition) is 2. The molecule has 0 bridgehead atoms. The van der Waals surface area contributed by atoms with Gasteiger partial charge in [0.15, 0.2) is 0 Å². The van der Waals surface area contributed by atoms with Gasteiger partial charge in [0.1, 0.15) is 12.4 Å². The first kappa shape index (κ1) is 17.6. The first-order valence-corrected chi connectivity index (χ1v) is 8.48. The van der Waals surface area contributed by atoms with E-state index < -0.39 is 6.10 Å². The van der Waals surface area contributed by atoms with Crippen LogP contribution in [0, 0.1) is 0 Å². The summed E-state index contributed by atoms with van der Waals surface area (Å²) in [6.45, 7) is 8.95. The number of rotatable bonds is 7. The Morgan fingerprint density at radius 3 is 1.91 bits per heavy atom. The van der Waals surface area contributed by atoms with Gasteiger partial charge in [0.2, 0.25) is 0 Å². The van der Waals surface area contributed by atoms with Gasteiger partial charge in [-0.05, 0) is 41.7 Å². The van der Waals surface area contributed by atoms with Gasteiger partial charge >= 0.3 is 0 Å². The maximum atomic E-state index is 9.57. The van der Waals surface area contributed by atoms with E-state index in [4.69, 9.17) is 4.74 Å². The summed E-state index contributed by atoms with van der Waals surface area (Å²) in [6.07, 6.45) is 1.37. The van der Waals surface area contributed by atoms with Crippen LogP contribution in [0.1, 0.15) is 50.8 Å². The van der Waals surface area contributed by atoms with Crippen molar-refractivity contribution in [3.8, 4) is 5.75 Å². The van der Waals surface area contributed by atoms with Crippen molar-refractivity contribution in [2.24, 2.45) is 0 Å². The molecule has 0 saturated heterocycles. The normalized spacial score (nSPS) is 12.9. The smallest absolute Gasteiger partial charge is 0.119 e. The first-order chi connectivity index (χ1) is 11.0. The van der Waals surface area contributed by atoms with Gasteiger partial charge in [0.25, 0.3) is 0 Å². The summed E-state index contributed by atoms with van der Waals surface area (Å²) in [5.74, 6) is 0.804. The summed E-state index contributed by atoms with van der Waals surface area (Å²) in [5, 5.41) is 9.57. The molecule has 0 aliphatic heterocycles. The topological polar surface area (TPSA) is 29.5 Å².